The van der Waals surface area contributed by atoms with Gasteiger partial charge >= 0.3 is 0 Å². The molecule has 0 aliphatic heterocycles. The van der Waals surface area contributed by atoms with Crippen LogP contribution in [-0.2, 0) is 9.22 Å². The highest BCUT2D eigenvalue weighted by Crippen LogP contribution is 2.40. The van der Waals surface area contributed by atoms with Gasteiger partial charge in [0, 0.05) is 18.3 Å². The second-order valence-electron chi connectivity index (χ2n) is 8.49. The summed E-state index contributed by atoms with van der Waals surface area (Å²) in [7, 11) is -1.84. The molecule has 3 heteroatoms. The molecule has 1 aliphatic rings. The number of carbonyl (C=O) groups is 1. The van der Waals surface area contributed by atoms with Crippen molar-refractivity contribution in [3.63, 3.8) is 0 Å². The molecular weight excluding hydrogens is 264 g/mol. The first-order valence-corrected chi connectivity index (χ1v) is 10.4. The Kier molecular flexibility index (Phi) is 4.94. The highest BCUT2D eigenvalue weighted by Gasteiger charge is 2.43. The predicted molar refractivity (Wildman–Crippen MR) is 87.0 cm³/mol. The Morgan fingerprint density at radius 1 is 1.10 bits per heavy atom. The Bertz CT molecular complexity index is 427. The van der Waals surface area contributed by atoms with Gasteiger partial charge in [-0.05, 0) is 38.9 Å². The highest BCUT2D eigenvalue weighted by atomic mass is 28.4. The Hall–Kier alpha value is -0.593. The first-order valence-electron chi connectivity index (χ1n) is 7.54. The van der Waals surface area contributed by atoms with Crippen LogP contribution in [0.3, 0.4) is 0 Å². The lowest BCUT2D eigenvalue weighted by molar-refractivity contribution is -0.117. The SMILES string of the molecule is CC(C)(C)C#C[C@@H]1CC(=O)C[C@H]1O[Si](C)(C)C(C)(C)C. The molecule has 0 saturated heterocycles. The maximum absolute atomic E-state index is 11.8. The second kappa shape index (κ2) is 5.65. The fraction of sp³-hybridized carbons (Fsp3) is 0.824. The number of hydrogen-bond acceptors (Lipinski definition) is 2. The summed E-state index contributed by atoms with van der Waals surface area (Å²) in [4.78, 5) is 11.8. The molecule has 0 bridgehead atoms. The second-order valence-corrected chi connectivity index (χ2v) is 13.2. The Morgan fingerprint density at radius 3 is 2.10 bits per heavy atom. The molecule has 0 aromatic carbocycles. The molecule has 1 saturated carbocycles. The zero-order valence-corrected chi connectivity index (χ0v) is 15.4. The average Bonchev–Trinajstić information content (AvgIpc) is 2.52. The summed E-state index contributed by atoms with van der Waals surface area (Å²) in [6.07, 6.45) is 1.09. The van der Waals surface area contributed by atoms with Crippen LogP contribution in [0.15, 0.2) is 0 Å². The first-order chi connectivity index (χ1) is 8.82. The van der Waals surface area contributed by atoms with Gasteiger partial charge in [-0.2, -0.15) is 0 Å². The summed E-state index contributed by atoms with van der Waals surface area (Å²) in [5.41, 5.74) is -0.0207. The average molecular weight is 295 g/mol. The van der Waals surface area contributed by atoms with Crippen molar-refractivity contribution in [1.82, 2.24) is 0 Å². The van der Waals surface area contributed by atoms with E-state index in [0.29, 0.717) is 18.6 Å². The van der Waals surface area contributed by atoms with Crippen molar-refractivity contribution in [2.75, 3.05) is 0 Å². The summed E-state index contributed by atoms with van der Waals surface area (Å²) >= 11 is 0. The van der Waals surface area contributed by atoms with Gasteiger partial charge < -0.3 is 4.43 Å². The smallest absolute Gasteiger partial charge is 0.192 e. The molecule has 0 aromatic heterocycles. The first kappa shape index (κ1) is 17.5. The summed E-state index contributed by atoms with van der Waals surface area (Å²) < 4.78 is 6.43. The minimum atomic E-state index is -1.84. The van der Waals surface area contributed by atoms with E-state index in [4.69, 9.17) is 4.43 Å². The van der Waals surface area contributed by atoms with Gasteiger partial charge in [0.2, 0.25) is 0 Å². The van der Waals surface area contributed by atoms with Crippen molar-refractivity contribution < 1.29 is 9.22 Å². The number of ketones is 1. The molecule has 1 rings (SSSR count). The number of hydrogen-bond donors (Lipinski definition) is 0. The normalized spacial score (nSPS) is 24.5. The Morgan fingerprint density at radius 2 is 1.65 bits per heavy atom. The lowest BCUT2D eigenvalue weighted by Crippen LogP contribution is -2.44. The van der Waals surface area contributed by atoms with E-state index in [-0.39, 0.29) is 22.5 Å². The molecule has 0 amide bonds. The van der Waals surface area contributed by atoms with E-state index in [1.165, 1.54) is 0 Å². The van der Waals surface area contributed by atoms with Crippen LogP contribution in [0.25, 0.3) is 0 Å². The quantitative estimate of drug-likeness (QED) is 0.557. The van der Waals surface area contributed by atoms with E-state index >= 15 is 0 Å². The molecule has 114 valence electrons. The van der Waals surface area contributed by atoms with Crippen molar-refractivity contribution in [3.8, 4) is 11.8 Å². The van der Waals surface area contributed by atoms with Crippen LogP contribution in [0.2, 0.25) is 18.1 Å². The standard InChI is InChI=1S/C17H30O2Si/c1-16(2,3)10-9-13-11-14(18)12-15(13)19-20(7,8)17(4,5)6/h13,15H,11-12H2,1-8H3/t13-,15-/m1/s1. The lowest BCUT2D eigenvalue weighted by Gasteiger charge is -2.39. The third-order valence-electron chi connectivity index (χ3n) is 4.21. The molecule has 1 fully saturated rings. The van der Waals surface area contributed by atoms with E-state index in [1.54, 1.807) is 0 Å². The molecule has 0 radical (unpaired) electrons. The van der Waals surface area contributed by atoms with Crippen molar-refractivity contribution >= 4 is 14.1 Å². The van der Waals surface area contributed by atoms with Gasteiger partial charge in [-0.15, -0.1) is 0 Å². The number of carbonyl (C=O) groups excluding carboxylic acids is 1. The van der Waals surface area contributed by atoms with Gasteiger partial charge in [0.25, 0.3) is 0 Å². The van der Waals surface area contributed by atoms with Gasteiger partial charge in [0.1, 0.15) is 5.78 Å². The number of rotatable bonds is 2. The molecular formula is C17H30O2Si. The molecule has 20 heavy (non-hydrogen) atoms. The van der Waals surface area contributed by atoms with Crippen molar-refractivity contribution in [1.29, 1.82) is 0 Å². The van der Waals surface area contributed by atoms with Gasteiger partial charge in [-0.25, -0.2) is 0 Å². The maximum Gasteiger partial charge on any atom is 0.192 e. The molecule has 0 heterocycles. The summed E-state index contributed by atoms with van der Waals surface area (Å²) in [6.45, 7) is 17.5. The molecule has 0 spiro atoms. The fourth-order valence-electron chi connectivity index (χ4n) is 1.96. The van der Waals surface area contributed by atoms with E-state index in [2.05, 4.69) is 66.5 Å². The van der Waals surface area contributed by atoms with Crippen molar-refractivity contribution in [3.05, 3.63) is 0 Å². The predicted octanol–water partition coefficient (Wildman–Crippen LogP) is 4.41. The van der Waals surface area contributed by atoms with Crippen molar-refractivity contribution in [2.45, 2.75) is 78.6 Å². The van der Waals surface area contributed by atoms with Gasteiger partial charge in [0.05, 0.1) is 12.0 Å². The fourth-order valence-corrected chi connectivity index (χ4v) is 3.32. The van der Waals surface area contributed by atoms with Gasteiger partial charge in [0.15, 0.2) is 8.32 Å². The van der Waals surface area contributed by atoms with E-state index in [1.807, 2.05) is 0 Å². The summed E-state index contributed by atoms with van der Waals surface area (Å²) in [5, 5.41) is 0.167. The third kappa shape index (κ3) is 4.75. The molecule has 1 aliphatic carbocycles. The molecule has 2 nitrogen and oxygen atoms in total. The number of Topliss-reactive ketones (excluding diaryl/α,β-unsaturated/α-hetero) is 1. The van der Waals surface area contributed by atoms with Crippen LogP contribution >= 0.6 is 0 Å². The van der Waals surface area contributed by atoms with Crippen LogP contribution in [0.1, 0.15) is 54.4 Å². The minimum absolute atomic E-state index is 0.00163. The van der Waals surface area contributed by atoms with Crippen molar-refractivity contribution in [2.24, 2.45) is 11.3 Å². The Balaban J connectivity index is 2.87. The van der Waals surface area contributed by atoms with E-state index in [0.717, 1.165) is 0 Å². The van der Waals surface area contributed by atoms with Crippen LogP contribution in [0, 0.1) is 23.2 Å². The van der Waals surface area contributed by atoms with Crippen LogP contribution in [-0.4, -0.2) is 20.2 Å². The highest BCUT2D eigenvalue weighted by molar-refractivity contribution is 6.74. The molecule has 0 N–H and O–H groups in total. The summed E-state index contributed by atoms with van der Waals surface area (Å²) in [5.74, 6) is 6.95. The third-order valence-corrected chi connectivity index (χ3v) is 8.71. The Labute approximate surface area is 125 Å². The zero-order chi connectivity index (χ0) is 15.8. The van der Waals surface area contributed by atoms with Gasteiger partial charge in [-0.1, -0.05) is 32.6 Å². The monoisotopic (exact) mass is 294 g/mol. The lowest BCUT2D eigenvalue weighted by atomic mass is 9.96. The van der Waals surface area contributed by atoms with Gasteiger partial charge in [-0.3, -0.25) is 4.79 Å². The summed E-state index contributed by atoms with van der Waals surface area (Å²) in [6, 6.07) is 0. The minimum Gasteiger partial charge on any atom is -0.412 e. The van der Waals surface area contributed by atoms with Crippen LogP contribution in [0.4, 0.5) is 0 Å². The van der Waals surface area contributed by atoms with Crippen LogP contribution in [0.5, 0.6) is 0 Å². The van der Waals surface area contributed by atoms with E-state index in [9.17, 15) is 4.79 Å². The largest absolute Gasteiger partial charge is 0.412 e. The molecule has 0 aromatic rings. The molecule has 2 atom stereocenters. The van der Waals surface area contributed by atoms with Crippen LogP contribution < -0.4 is 0 Å². The topological polar surface area (TPSA) is 26.3 Å². The zero-order valence-electron chi connectivity index (χ0n) is 14.4. The molecule has 0 unspecified atom stereocenters. The maximum atomic E-state index is 11.8. The van der Waals surface area contributed by atoms with E-state index < -0.39 is 8.32 Å².